The molecular weight excluding hydrogens is 239 g/mol. The van der Waals surface area contributed by atoms with Gasteiger partial charge in [0, 0.05) is 6.61 Å². The molecule has 1 fully saturated rings. The Morgan fingerprint density at radius 1 is 1.44 bits per heavy atom. The molecule has 1 aliphatic heterocycles. The van der Waals surface area contributed by atoms with Crippen LogP contribution < -0.4 is 0 Å². The number of nitriles is 1. The molecule has 0 aliphatic carbocycles. The van der Waals surface area contributed by atoms with Crippen molar-refractivity contribution >= 4 is 11.8 Å². The summed E-state index contributed by atoms with van der Waals surface area (Å²) in [4.78, 5) is 0. The second-order valence-corrected chi connectivity index (χ2v) is 5.31. The molecule has 0 radical (unpaired) electrons. The summed E-state index contributed by atoms with van der Waals surface area (Å²) < 4.78 is 39.4. The third kappa shape index (κ3) is 4.62. The Bertz CT molecular complexity index is 256. The molecular formula is C10H14F3NOS. The Morgan fingerprint density at radius 3 is 2.69 bits per heavy atom. The maximum atomic E-state index is 11.7. The van der Waals surface area contributed by atoms with E-state index in [2.05, 4.69) is 10.8 Å². The Morgan fingerprint density at radius 2 is 2.19 bits per heavy atom. The molecule has 0 bridgehead atoms. The quantitative estimate of drug-likeness (QED) is 0.706. The standard InChI is InChI=1S/C10H14F3NOS/c11-10(12,13)8-15-5-1-3-9(7-14)4-2-6-16-9/h1-6,8H2. The minimum absolute atomic E-state index is 0.0729. The predicted molar refractivity (Wildman–Crippen MR) is 56.1 cm³/mol. The monoisotopic (exact) mass is 253 g/mol. The number of hydrogen-bond donors (Lipinski definition) is 0. The van der Waals surface area contributed by atoms with Crippen molar-refractivity contribution in [1.29, 1.82) is 5.26 Å². The molecule has 2 nitrogen and oxygen atoms in total. The van der Waals surface area contributed by atoms with Crippen LogP contribution in [0, 0.1) is 11.3 Å². The summed E-state index contributed by atoms with van der Waals surface area (Å²) in [6.45, 7) is -1.12. The molecule has 1 saturated heterocycles. The first-order valence-electron chi connectivity index (χ1n) is 5.17. The van der Waals surface area contributed by atoms with Crippen LogP contribution >= 0.6 is 11.8 Å². The minimum atomic E-state index is -4.25. The molecule has 0 amide bonds. The number of hydrogen-bond acceptors (Lipinski definition) is 3. The van der Waals surface area contributed by atoms with Crippen LogP contribution in [-0.2, 0) is 4.74 Å². The second kappa shape index (κ2) is 5.78. The molecule has 0 aromatic rings. The van der Waals surface area contributed by atoms with Crippen molar-refractivity contribution in [2.24, 2.45) is 0 Å². The van der Waals surface area contributed by atoms with Gasteiger partial charge in [0.1, 0.15) is 11.4 Å². The molecule has 1 heterocycles. The van der Waals surface area contributed by atoms with Crippen molar-refractivity contribution in [2.75, 3.05) is 19.0 Å². The van der Waals surface area contributed by atoms with Crippen molar-refractivity contribution in [3.05, 3.63) is 0 Å². The third-order valence-electron chi connectivity index (χ3n) is 2.44. The fraction of sp³-hybridized carbons (Fsp3) is 0.900. The van der Waals surface area contributed by atoms with Gasteiger partial charge >= 0.3 is 6.18 Å². The third-order valence-corrected chi connectivity index (χ3v) is 3.99. The zero-order valence-corrected chi connectivity index (χ0v) is 9.66. The Balaban J connectivity index is 2.13. The highest BCUT2D eigenvalue weighted by atomic mass is 32.2. The van der Waals surface area contributed by atoms with E-state index in [0.717, 1.165) is 18.6 Å². The molecule has 0 N–H and O–H groups in total. The average Bonchev–Trinajstić information content (AvgIpc) is 2.65. The van der Waals surface area contributed by atoms with Crippen LogP contribution in [0.4, 0.5) is 13.2 Å². The number of ether oxygens (including phenoxy) is 1. The number of nitrogens with zero attached hydrogens (tertiary/aromatic N) is 1. The molecule has 0 aromatic carbocycles. The first-order chi connectivity index (χ1) is 7.47. The molecule has 1 unspecified atom stereocenters. The molecule has 16 heavy (non-hydrogen) atoms. The normalized spacial score (nSPS) is 25.6. The van der Waals surface area contributed by atoms with Gasteiger partial charge in [-0.1, -0.05) is 0 Å². The lowest BCUT2D eigenvalue weighted by atomic mass is 9.99. The lowest BCUT2D eigenvalue weighted by Gasteiger charge is -2.18. The summed E-state index contributed by atoms with van der Waals surface area (Å²) in [7, 11) is 0. The highest BCUT2D eigenvalue weighted by molar-refractivity contribution is 8.01. The highest BCUT2D eigenvalue weighted by Crippen LogP contribution is 2.41. The van der Waals surface area contributed by atoms with Crippen LogP contribution in [0.1, 0.15) is 25.7 Å². The van der Waals surface area contributed by atoms with Gasteiger partial charge in [0.2, 0.25) is 0 Å². The van der Waals surface area contributed by atoms with Crippen molar-refractivity contribution in [1.82, 2.24) is 0 Å². The molecule has 0 spiro atoms. The molecule has 0 saturated carbocycles. The van der Waals surface area contributed by atoms with E-state index in [1.54, 1.807) is 11.8 Å². The Hall–Kier alpha value is -0.410. The lowest BCUT2D eigenvalue weighted by molar-refractivity contribution is -0.174. The second-order valence-electron chi connectivity index (χ2n) is 3.83. The Kier molecular flexibility index (Phi) is 4.93. The fourth-order valence-corrected chi connectivity index (χ4v) is 3.01. The zero-order chi connectivity index (χ0) is 12.1. The van der Waals surface area contributed by atoms with Gasteiger partial charge < -0.3 is 4.74 Å². The molecule has 0 aromatic heterocycles. The molecule has 1 rings (SSSR count). The van der Waals surface area contributed by atoms with E-state index in [0.29, 0.717) is 12.8 Å². The SMILES string of the molecule is N#CC1(CCCOCC(F)(F)F)CCCS1. The first kappa shape index (κ1) is 13.7. The van der Waals surface area contributed by atoms with Crippen molar-refractivity contribution in [3.63, 3.8) is 0 Å². The maximum Gasteiger partial charge on any atom is 0.411 e. The zero-order valence-electron chi connectivity index (χ0n) is 8.85. The van der Waals surface area contributed by atoms with E-state index in [4.69, 9.17) is 5.26 Å². The van der Waals surface area contributed by atoms with Crippen LogP contribution in [-0.4, -0.2) is 29.9 Å². The van der Waals surface area contributed by atoms with Crippen LogP contribution in [0.5, 0.6) is 0 Å². The van der Waals surface area contributed by atoms with E-state index in [9.17, 15) is 13.2 Å². The first-order valence-corrected chi connectivity index (χ1v) is 6.16. The lowest BCUT2D eigenvalue weighted by Crippen LogP contribution is -2.21. The number of rotatable bonds is 5. The number of halogens is 3. The van der Waals surface area contributed by atoms with E-state index in [-0.39, 0.29) is 11.4 Å². The summed E-state index contributed by atoms with van der Waals surface area (Å²) in [5.41, 5.74) is 0. The number of thioether (sulfide) groups is 1. The summed E-state index contributed by atoms with van der Waals surface area (Å²) >= 11 is 1.61. The van der Waals surface area contributed by atoms with Crippen LogP contribution in [0.2, 0.25) is 0 Å². The summed E-state index contributed by atoms with van der Waals surface area (Å²) in [6, 6.07) is 2.27. The Labute approximate surface area is 97.1 Å². The smallest absolute Gasteiger partial charge is 0.372 e. The molecule has 92 valence electrons. The van der Waals surface area contributed by atoms with Crippen LogP contribution in [0.3, 0.4) is 0 Å². The maximum absolute atomic E-state index is 11.7. The number of alkyl halides is 3. The van der Waals surface area contributed by atoms with Gasteiger partial charge in [0.05, 0.1) is 6.07 Å². The topological polar surface area (TPSA) is 33.0 Å². The largest absolute Gasteiger partial charge is 0.411 e. The van der Waals surface area contributed by atoms with E-state index in [1.807, 2.05) is 0 Å². The van der Waals surface area contributed by atoms with Gasteiger partial charge in [0.15, 0.2) is 0 Å². The van der Waals surface area contributed by atoms with Crippen molar-refractivity contribution in [3.8, 4) is 6.07 Å². The van der Waals surface area contributed by atoms with Gasteiger partial charge in [-0.2, -0.15) is 18.4 Å². The van der Waals surface area contributed by atoms with Crippen molar-refractivity contribution < 1.29 is 17.9 Å². The average molecular weight is 253 g/mol. The van der Waals surface area contributed by atoms with Gasteiger partial charge in [-0.25, -0.2) is 0 Å². The molecule has 6 heteroatoms. The van der Waals surface area contributed by atoms with E-state index >= 15 is 0 Å². The summed E-state index contributed by atoms with van der Waals surface area (Å²) in [6.07, 6.45) is -1.27. The molecule has 1 aliphatic rings. The molecule has 1 atom stereocenters. The summed E-state index contributed by atoms with van der Waals surface area (Å²) in [5.74, 6) is 0.969. The van der Waals surface area contributed by atoms with Gasteiger partial charge in [-0.3, -0.25) is 0 Å². The minimum Gasteiger partial charge on any atom is -0.372 e. The summed E-state index contributed by atoms with van der Waals surface area (Å²) in [5, 5.41) is 9.01. The highest BCUT2D eigenvalue weighted by Gasteiger charge is 2.34. The van der Waals surface area contributed by atoms with E-state index in [1.165, 1.54) is 0 Å². The predicted octanol–water partition coefficient (Wildman–Crippen LogP) is 3.13. The fourth-order valence-electron chi connectivity index (χ4n) is 1.69. The van der Waals surface area contributed by atoms with Gasteiger partial charge in [0.25, 0.3) is 0 Å². The van der Waals surface area contributed by atoms with Crippen LogP contribution in [0.25, 0.3) is 0 Å². The van der Waals surface area contributed by atoms with Gasteiger partial charge in [-0.15, -0.1) is 11.8 Å². The van der Waals surface area contributed by atoms with Gasteiger partial charge in [-0.05, 0) is 31.4 Å². The van der Waals surface area contributed by atoms with E-state index < -0.39 is 12.8 Å². The van der Waals surface area contributed by atoms with Crippen LogP contribution in [0.15, 0.2) is 0 Å². The van der Waals surface area contributed by atoms with Crippen molar-refractivity contribution in [2.45, 2.75) is 36.6 Å².